The Balaban J connectivity index is 1.91. The lowest BCUT2D eigenvalue weighted by Gasteiger charge is -2.30. The van der Waals surface area contributed by atoms with Gasteiger partial charge in [0.05, 0.1) is 12.5 Å². The smallest absolute Gasteiger partial charge is 0.309 e. The number of aliphatic hydroxyl groups is 1. The molecule has 2 aliphatic rings. The van der Waals surface area contributed by atoms with E-state index < -0.39 is 12.2 Å². The Kier molecular flexibility index (Phi) is 5.62. The molecule has 1 aromatic rings. The molecule has 1 saturated carbocycles. The van der Waals surface area contributed by atoms with E-state index >= 15 is 0 Å². The van der Waals surface area contributed by atoms with Crippen molar-refractivity contribution in [2.24, 2.45) is 0 Å². The number of aliphatic hydroxyl groups excluding tert-OH is 1. The third kappa shape index (κ3) is 3.84. The van der Waals surface area contributed by atoms with Crippen LogP contribution >= 0.6 is 11.6 Å². The zero-order chi connectivity index (χ0) is 17.1. The number of benzene rings is 1. The highest BCUT2D eigenvalue weighted by molar-refractivity contribution is 6.32. The summed E-state index contributed by atoms with van der Waals surface area (Å²) in [5.41, 5.74) is 2.84. The van der Waals surface area contributed by atoms with E-state index in [-0.39, 0.29) is 12.4 Å². The molecule has 2 unspecified atom stereocenters. The Morgan fingerprint density at radius 2 is 1.92 bits per heavy atom. The molecule has 24 heavy (non-hydrogen) atoms. The van der Waals surface area contributed by atoms with Gasteiger partial charge in [0.2, 0.25) is 0 Å². The molecule has 1 saturated heterocycles. The molecule has 0 bridgehead atoms. The van der Waals surface area contributed by atoms with E-state index in [2.05, 4.69) is 12.6 Å². The number of carbonyl (C=O) groups excluding carboxylic acids is 1. The number of rotatable bonds is 3. The Hall–Kier alpha value is -1.32. The van der Waals surface area contributed by atoms with E-state index in [1.165, 1.54) is 31.2 Å². The molecule has 1 aliphatic carbocycles. The molecule has 1 N–H and O–H groups in total. The van der Waals surface area contributed by atoms with Gasteiger partial charge in [-0.2, -0.15) is 0 Å². The number of hydrogen-bond acceptors (Lipinski definition) is 3. The monoisotopic (exact) mass is 348 g/mol. The van der Waals surface area contributed by atoms with Crippen LogP contribution in [0.3, 0.4) is 0 Å². The minimum atomic E-state index is -0.670. The van der Waals surface area contributed by atoms with Gasteiger partial charge in [-0.3, -0.25) is 4.79 Å². The van der Waals surface area contributed by atoms with Crippen molar-refractivity contribution in [2.75, 3.05) is 0 Å². The Labute approximate surface area is 148 Å². The van der Waals surface area contributed by atoms with Gasteiger partial charge in [-0.05, 0) is 36.0 Å². The van der Waals surface area contributed by atoms with Gasteiger partial charge in [0.25, 0.3) is 0 Å². The van der Waals surface area contributed by atoms with E-state index in [4.69, 9.17) is 16.3 Å². The van der Waals surface area contributed by atoms with Crippen molar-refractivity contribution in [1.82, 2.24) is 0 Å². The number of hydrogen-bond donors (Lipinski definition) is 1. The van der Waals surface area contributed by atoms with Crippen LogP contribution in [-0.4, -0.2) is 23.3 Å². The first-order valence-corrected chi connectivity index (χ1v) is 9.29. The summed E-state index contributed by atoms with van der Waals surface area (Å²) in [7, 11) is 0. The molecule has 2 fully saturated rings. The van der Waals surface area contributed by atoms with Gasteiger partial charge in [0, 0.05) is 17.0 Å². The Morgan fingerprint density at radius 3 is 2.58 bits per heavy atom. The van der Waals surface area contributed by atoms with Crippen LogP contribution in [0.25, 0.3) is 5.57 Å². The molecule has 1 heterocycles. The van der Waals surface area contributed by atoms with Crippen LogP contribution < -0.4 is 0 Å². The fourth-order valence-electron chi connectivity index (χ4n) is 3.96. The van der Waals surface area contributed by atoms with Crippen LogP contribution in [0.5, 0.6) is 0 Å². The van der Waals surface area contributed by atoms with E-state index in [1.54, 1.807) is 0 Å². The lowest BCUT2D eigenvalue weighted by molar-refractivity contribution is -0.155. The number of esters is 1. The van der Waals surface area contributed by atoms with Crippen molar-refractivity contribution in [3.8, 4) is 0 Å². The van der Waals surface area contributed by atoms with Crippen molar-refractivity contribution in [2.45, 2.75) is 69.5 Å². The highest BCUT2D eigenvalue weighted by Crippen LogP contribution is 2.40. The van der Waals surface area contributed by atoms with E-state index in [0.29, 0.717) is 22.9 Å². The van der Waals surface area contributed by atoms with Crippen molar-refractivity contribution in [1.29, 1.82) is 0 Å². The van der Waals surface area contributed by atoms with E-state index in [1.807, 2.05) is 12.1 Å². The number of halogens is 1. The fraction of sp³-hybridized carbons (Fsp3) is 0.550. The summed E-state index contributed by atoms with van der Waals surface area (Å²) < 4.78 is 5.44. The second kappa shape index (κ2) is 7.71. The molecule has 0 aromatic heterocycles. The zero-order valence-electron chi connectivity index (χ0n) is 14.0. The lowest BCUT2D eigenvalue weighted by Crippen LogP contribution is -2.33. The van der Waals surface area contributed by atoms with E-state index in [0.717, 1.165) is 18.4 Å². The highest BCUT2D eigenvalue weighted by atomic mass is 35.5. The first-order valence-electron chi connectivity index (χ1n) is 8.91. The summed E-state index contributed by atoms with van der Waals surface area (Å²) in [6, 6.07) is 5.98. The summed E-state index contributed by atoms with van der Waals surface area (Å²) >= 11 is 6.51. The molecule has 0 spiro atoms. The van der Waals surface area contributed by atoms with Crippen LogP contribution in [0.1, 0.15) is 68.4 Å². The number of cyclic esters (lactones) is 1. The van der Waals surface area contributed by atoms with Crippen molar-refractivity contribution in [3.05, 3.63) is 40.9 Å². The molecule has 2 atom stereocenters. The van der Waals surface area contributed by atoms with Crippen LogP contribution in [0.15, 0.2) is 24.8 Å². The lowest BCUT2D eigenvalue weighted by atomic mass is 9.84. The Morgan fingerprint density at radius 1 is 1.21 bits per heavy atom. The molecule has 1 aromatic carbocycles. The first-order chi connectivity index (χ1) is 11.6. The van der Waals surface area contributed by atoms with Crippen molar-refractivity contribution < 1.29 is 14.6 Å². The average Bonchev–Trinajstić information content (AvgIpc) is 2.82. The SMILES string of the molecule is C=C(c1c(Cl)cccc1C1CCCCCC1)C1CC(O)CC(=O)O1. The minimum Gasteiger partial charge on any atom is -0.457 e. The maximum absolute atomic E-state index is 11.7. The summed E-state index contributed by atoms with van der Waals surface area (Å²) in [6.45, 7) is 4.18. The van der Waals surface area contributed by atoms with Gasteiger partial charge in [-0.25, -0.2) is 0 Å². The maximum atomic E-state index is 11.7. The molecular formula is C20H25ClO3. The van der Waals surface area contributed by atoms with Crippen LogP contribution in [0.4, 0.5) is 0 Å². The van der Waals surface area contributed by atoms with Crippen molar-refractivity contribution >= 4 is 23.1 Å². The summed E-state index contributed by atoms with van der Waals surface area (Å²) in [6.07, 6.45) is 6.66. The molecule has 0 radical (unpaired) electrons. The average molecular weight is 349 g/mol. The zero-order valence-corrected chi connectivity index (χ0v) is 14.7. The summed E-state index contributed by atoms with van der Waals surface area (Å²) in [5, 5.41) is 10.5. The molecule has 130 valence electrons. The molecule has 4 heteroatoms. The van der Waals surface area contributed by atoms with Gasteiger partial charge >= 0.3 is 5.97 Å². The van der Waals surface area contributed by atoms with Crippen LogP contribution in [-0.2, 0) is 9.53 Å². The third-order valence-electron chi connectivity index (χ3n) is 5.21. The quantitative estimate of drug-likeness (QED) is 0.627. The summed E-state index contributed by atoms with van der Waals surface area (Å²) in [5.74, 6) is 0.102. The van der Waals surface area contributed by atoms with Crippen LogP contribution in [0.2, 0.25) is 5.02 Å². The van der Waals surface area contributed by atoms with Gasteiger partial charge in [0.1, 0.15) is 6.10 Å². The molecular weight excluding hydrogens is 324 g/mol. The third-order valence-corrected chi connectivity index (χ3v) is 5.53. The van der Waals surface area contributed by atoms with Gasteiger partial charge in [0.15, 0.2) is 0 Å². The van der Waals surface area contributed by atoms with Gasteiger partial charge in [-0.15, -0.1) is 0 Å². The van der Waals surface area contributed by atoms with Gasteiger partial charge in [-0.1, -0.05) is 56.0 Å². The first kappa shape index (κ1) is 17.5. The van der Waals surface area contributed by atoms with Gasteiger partial charge < -0.3 is 9.84 Å². The standard InChI is InChI=1S/C20H25ClO3/c1-13(18-11-15(22)12-19(23)24-18)20-16(9-6-10-17(20)21)14-7-4-2-3-5-8-14/h6,9-10,14-15,18,22H,1-5,7-8,11-12H2. The second-order valence-electron chi connectivity index (χ2n) is 6.99. The highest BCUT2D eigenvalue weighted by Gasteiger charge is 2.32. The minimum absolute atomic E-state index is 0.0573. The fourth-order valence-corrected chi connectivity index (χ4v) is 4.27. The molecule has 3 rings (SSSR count). The largest absolute Gasteiger partial charge is 0.457 e. The number of ether oxygens (including phenoxy) is 1. The van der Waals surface area contributed by atoms with E-state index in [9.17, 15) is 9.90 Å². The Bertz CT molecular complexity index is 617. The van der Waals surface area contributed by atoms with Crippen LogP contribution in [0, 0.1) is 0 Å². The predicted octanol–water partition coefficient (Wildman–Crippen LogP) is 4.86. The summed E-state index contributed by atoms with van der Waals surface area (Å²) in [4.78, 5) is 11.7. The molecule has 3 nitrogen and oxygen atoms in total. The van der Waals surface area contributed by atoms with Crippen molar-refractivity contribution in [3.63, 3.8) is 0 Å². The normalized spacial score (nSPS) is 25.8. The number of carbonyl (C=O) groups is 1. The maximum Gasteiger partial charge on any atom is 0.309 e. The molecule has 0 amide bonds. The predicted molar refractivity (Wildman–Crippen MR) is 96.0 cm³/mol. The second-order valence-corrected chi connectivity index (χ2v) is 7.40. The topological polar surface area (TPSA) is 46.5 Å². The molecule has 1 aliphatic heterocycles.